The number of anilines is 1. The predicted molar refractivity (Wildman–Crippen MR) is 117 cm³/mol. The lowest BCUT2D eigenvalue weighted by atomic mass is 10.00. The van der Waals surface area contributed by atoms with E-state index < -0.39 is 0 Å². The minimum Gasteiger partial charge on any atom is -0.484 e. The first-order chi connectivity index (χ1) is 14.0. The van der Waals surface area contributed by atoms with Crippen LogP contribution in [-0.2, 0) is 4.79 Å². The molecule has 5 nitrogen and oxygen atoms in total. The van der Waals surface area contributed by atoms with Crippen molar-refractivity contribution in [3.8, 4) is 16.9 Å². The Morgan fingerprint density at radius 2 is 1.72 bits per heavy atom. The molecule has 4 rings (SSSR count). The monoisotopic (exact) mass is 405 g/mol. The summed E-state index contributed by atoms with van der Waals surface area (Å²) in [6, 6.07) is 19.3. The predicted octanol–water partition coefficient (Wildman–Crippen LogP) is 5.52. The molecule has 0 aliphatic rings. The van der Waals surface area contributed by atoms with Gasteiger partial charge in [-0.25, -0.2) is 0 Å². The largest absolute Gasteiger partial charge is 0.484 e. The number of carbonyl (C=O) groups is 1. The Morgan fingerprint density at radius 3 is 2.45 bits per heavy atom. The summed E-state index contributed by atoms with van der Waals surface area (Å²) in [5, 5.41) is 11.5. The Labute approximate surface area is 173 Å². The first kappa shape index (κ1) is 19.0. The standard InChI is InChI=1S/C23H20ClN3O2/c1-14-9-15(2)11-17(10-14)16-3-8-20-21(12-16)26-27-23(20)25-22(28)13-29-19-6-4-18(24)5-7-19/h3-12H,13H2,1-2H3,(H2,25,26,27,28). The minimum atomic E-state index is -0.285. The molecule has 1 heterocycles. The first-order valence-corrected chi connectivity index (χ1v) is 9.61. The van der Waals surface area contributed by atoms with Gasteiger partial charge in [0.2, 0.25) is 0 Å². The quantitative estimate of drug-likeness (QED) is 0.459. The number of carbonyl (C=O) groups excluding carboxylic acids is 1. The van der Waals surface area contributed by atoms with E-state index in [1.54, 1.807) is 24.3 Å². The number of amides is 1. The van der Waals surface area contributed by atoms with Crippen LogP contribution in [0.5, 0.6) is 5.75 Å². The molecule has 1 amide bonds. The number of rotatable bonds is 5. The van der Waals surface area contributed by atoms with Crippen LogP contribution in [0.25, 0.3) is 22.0 Å². The third-order valence-electron chi connectivity index (χ3n) is 4.56. The molecule has 0 saturated heterocycles. The third-order valence-corrected chi connectivity index (χ3v) is 4.81. The molecule has 0 unspecified atom stereocenters. The average molecular weight is 406 g/mol. The number of halogens is 1. The van der Waals surface area contributed by atoms with Crippen molar-refractivity contribution in [2.75, 3.05) is 11.9 Å². The Morgan fingerprint density at radius 1 is 1.00 bits per heavy atom. The summed E-state index contributed by atoms with van der Waals surface area (Å²) in [5.41, 5.74) is 5.55. The van der Waals surface area contributed by atoms with Gasteiger partial charge in [-0.3, -0.25) is 9.89 Å². The maximum Gasteiger partial charge on any atom is 0.263 e. The topological polar surface area (TPSA) is 67.0 Å². The molecular weight excluding hydrogens is 386 g/mol. The molecular formula is C23H20ClN3O2. The van der Waals surface area contributed by atoms with E-state index in [9.17, 15) is 4.79 Å². The fourth-order valence-corrected chi connectivity index (χ4v) is 3.41. The van der Waals surface area contributed by atoms with Crippen molar-refractivity contribution >= 4 is 34.2 Å². The fraction of sp³-hybridized carbons (Fsp3) is 0.130. The lowest BCUT2D eigenvalue weighted by Gasteiger charge is -2.07. The van der Waals surface area contributed by atoms with Crippen LogP contribution in [0, 0.1) is 13.8 Å². The van der Waals surface area contributed by atoms with Crippen LogP contribution >= 0.6 is 11.6 Å². The number of benzene rings is 3. The molecule has 146 valence electrons. The van der Waals surface area contributed by atoms with Crippen molar-refractivity contribution < 1.29 is 9.53 Å². The van der Waals surface area contributed by atoms with E-state index in [-0.39, 0.29) is 12.5 Å². The molecule has 0 aliphatic heterocycles. The Balaban J connectivity index is 1.48. The molecule has 2 N–H and O–H groups in total. The molecule has 0 radical (unpaired) electrons. The molecule has 0 fully saturated rings. The second kappa shape index (κ2) is 7.97. The van der Waals surface area contributed by atoms with Gasteiger partial charge in [0.15, 0.2) is 12.4 Å². The van der Waals surface area contributed by atoms with Gasteiger partial charge >= 0.3 is 0 Å². The summed E-state index contributed by atoms with van der Waals surface area (Å²) >= 11 is 5.84. The van der Waals surface area contributed by atoms with E-state index in [4.69, 9.17) is 16.3 Å². The molecule has 3 aromatic carbocycles. The Bertz CT molecular complexity index is 1160. The summed E-state index contributed by atoms with van der Waals surface area (Å²) in [6.07, 6.45) is 0. The summed E-state index contributed by atoms with van der Waals surface area (Å²) in [6.45, 7) is 4.06. The van der Waals surface area contributed by atoms with Gasteiger partial charge in [0.1, 0.15) is 5.75 Å². The minimum absolute atomic E-state index is 0.114. The maximum atomic E-state index is 12.2. The zero-order chi connectivity index (χ0) is 20.4. The number of ether oxygens (including phenoxy) is 1. The van der Waals surface area contributed by atoms with Crippen molar-refractivity contribution in [3.63, 3.8) is 0 Å². The number of H-pyrrole nitrogens is 1. The van der Waals surface area contributed by atoms with Gasteiger partial charge in [0.25, 0.3) is 5.91 Å². The fourth-order valence-electron chi connectivity index (χ4n) is 3.28. The van der Waals surface area contributed by atoms with Crippen LogP contribution in [0.15, 0.2) is 60.7 Å². The summed E-state index contributed by atoms with van der Waals surface area (Å²) in [7, 11) is 0. The first-order valence-electron chi connectivity index (χ1n) is 9.23. The van der Waals surface area contributed by atoms with Crippen LogP contribution in [0.4, 0.5) is 5.82 Å². The van der Waals surface area contributed by atoms with E-state index in [2.05, 4.69) is 47.6 Å². The second-order valence-corrected chi connectivity index (χ2v) is 7.44. The van der Waals surface area contributed by atoms with Crippen LogP contribution in [0.2, 0.25) is 5.02 Å². The highest BCUT2D eigenvalue weighted by atomic mass is 35.5. The zero-order valence-corrected chi connectivity index (χ0v) is 16.9. The number of aromatic amines is 1. The highest BCUT2D eigenvalue weighted by Crippen LogP contribution is 2.28. The molecule has 0 atom stereocenters. The van der Waals surface area contributed by atoms with Crippen LogP contribution in [0.3, 0.4) is 0 Å². The van der Waals surface area contributed by atoms with Gasteiger partial charge in [0, 0.05) is 10.4 Å². The van der Waals surface area contributed by atoms with E-state index in [0.717, 1.165) is 22.0 Å². The number of nitrogens with zero attached hydrogens (tertiary/aromatic N) is 1. The Hall–Kier alpha value is -3.31. The van der Waals surface area contributed by atoms with E-state index in [1.165, 1.54) is 11.1 Å². The molecule has 0 bridgehead atoms. The van der Waals surface area contributed by atoms with Crippen LogP contribution in [-0.4, -0.2) is 22.7 Å². The van der Waals surface area contributed by atoms with Gasteiger partial charge in [0.05, 0.1) is 5.52 Å². The van der Waals surface area contributed by atoms with Gasteiger partial charge in [-0.1, -0.05) is 47.0 Å². The van der Waals surface area contributed by atoms with E-state index >= 15 is 0 Å². The van der Waals surface area contributed by atoms with Crippen molar-refractivity contribution in [1.82, 2.24) is 10.2 Å². The molecule has 6 heteroatoms. The smallest absolute Gasteiger partial charge is 0.263 e. The highest BCUT2D eigenvalue weighted by Gasteiger charge is 2.11. The SMILES string of the molecule is Cc1cc(C)cc(-c2ccc3c(NC(=O)COc4ccc(Cl)cc4)n[nH]c3c2)c1. The van der Waals surface area contributed by atoms with Crippen molar-refractivity contribution in [2.24, 2.45) is 0 Å². The number of hydrogen-bond acceptors (Lipinski definition) is 3. The number of aryl methyl sites for hydroxylation is 2. The maximum absolute atomic E-state index is 12.2. The van der Waals surface area contributed by atoms with Crippen molar-refractivity contribution in [2.45, 2.75) is 13.8 Å². The number of nitrogens with one attached hydrogen (secondary N) is 2. The number of aromatic nitrogens is 2. The van der Waals surface area contributed by atoms with Crippen molar-refractivity contribution in [3.05, 3.63) is 76.8 Å². The molecule has 29 heavy (non-hydrogen) atoms. The average Bonchev–Trinajstić information content (AvgIpc) is 3.09. The summed E-state index contributed by atoms with van der Waals surface area (Å²) < 4.78 is 5.47. The third kappa shape index (κ3) is 4.41. The summed E-state index contributed by atoms with van der Waals surface area (Å²) in [5.74, 6) is 0.776. The van der Waals surface area contributed by atoms with Crippen LogP contribution in [0.1, 0.15) is 11.1 Å². The molecule has 4 aromatic rings. The second-order valence-electron chi connectivity index (χ2n) is 7.00. The molecule has 0 spiro atoms. The van der Waals surface area contributed by atoms with E-state index in [0.29, 0.717) is 16.6 Å². The zero-order valence-electron chi connectivity index (χ0n) is 16.1. The van der Waals surface area contributed by atoms with Gasteiger partial charge in [-0.05, 0) is 61.4 Å². The molecule has 0 aliphatic carbocycles. The number of fused-ring (bicyclic) bond motifs is 1. The summed E-state index contributed by atoms with van der Waals surface area (Å²) in [4.78, 5) is 12.2. The lowest BCUT2D eigenvalue weighted by Crippen LogP contribution is -2.20. The van der Waals surface area contributed by atoms with Gasteiger partial charge < -0.3 is 10.1 Å². The lowest BCUT2D eigenvalue weighted by molar-refractivity contribution is -0.118. The normalized spacial score (nSPS) is 10.9. The van der Waals surface area contributed by atoms with E-state index in [1.807, 2.05) is 18.2 Å². The highest BCUT2D eigenvalue weighted by molar-refractivity contribution is 6.30. The van der Waals surface area contributed by atoms with Crippen molar-refractivity contribution in [1.29, 1.82) is 0 Å². The Kier molecular flexibility index (Phi) is 5.23. The van der Waals surface area contributed by atoms with Gasteiger partial charge in [-0.15, -0.1) is 0 Å². The van der Waals surface area contributed by atoms with Crippen LogP contribution < -0.4 is 10.1 Å². The molecule has 0 saturated carbocycles. The van der Waals surface area contributed by atoms with Gasteiger partial charge in [-0.2, -0.15) is 5.10 Å². The number of hydrogen-bond donors (Lipinski definition) is 2. The molecule has 1 aromatic heterocycles.